The van der Waals surface area contributed by atoms with Crippen LogP contribution in [0.4, 0.5) is 0 Å². The zero-order valence-electron chi connectivity index (χ0n) is 15.3. The lowest BCUT2D eigenvalue weighted by molar-refractivity contribution is -0.189. The number of nitrogens with two attached hydrogens (primary N) is 2. The molecular weight excluding hydrogens is 328 g/mol. The molecule has 0 radical (unpaired) electrons. The molecule has 4 saturated carbocycles. The molecule has 0 saturated heterocycles. The summed E-state index contributed by atoms with van der Waals surface area (Å²) in [5.41, 5.74) is 12.1. The molecule has 1 aromatic carbocycles. The summed E-state index contributed by atoms with van der Waals surface area (Å²) >= 11 is 0. The van der Waals surface area contributed by atoms with E-state index < -0.39 is 17.0 Å². The van der Waals surface area contributed by atoms with Crippen molar-refractivity contribution in [3.63, 3.8) is 0 Å². The van der Waals surface area contributed by atoms with E-state index in [0.29, 0.717) is 31.1 Å². The van der Waals surface area contributed by atoms with Crippen molar-refractivity contribution >= 4 is 11.8 Å². The Bertz CT molecular complexity index is 705. The van der Waals surface area contributed by atoms with Crippen molar-refractivity contribution in [2.24, 2.45) is 34.6 Å². The molecule has 26 heavy (non-hydrogen) atoms. The molecule has 0 spiro atoms. The van der Waals surface area contributed by atoms with Gasteiger partial charge in [-0.25, -0.2) is 0 Å². The Balaban J connectivity index is 1.68. The summed E-state index contributed by atoms with van der Waals surface area (Å²) in [6.45, 7) is 0. The first-order valence-electron chi connectivity index (χ1n) is 9.62. The lowest BCUT2D eigenvalue weighted by Crippen LogP contribution is -2.77. The maximum absolute atomic E-state index is 13.5. The monoisotopic (exact) mass is 356 g/mol. The number of hydrogen-bond donors (Lipinski definition) is 2. The Hall–Kier alpha value is -1.72. The van der Waals surface area contributed by atoms with Gasteiger partial charge in [0.25, 0.3) is 0 Å². The first-order chi connectivity index (χ1) is 12.4. The normalized spacial score (nSPS) is 38.8. The van der Waals surface area contributed by atoms with Gasteiger partial charge in [0.05, 0.1) is 24.1 Å². The van der Waals surface area contributed by atoms with Gasteiger partial charge in [-0.1, -0.05) is 30.3 Å². The molecule has 1 aromatic rings. The first kappa shape index (κ1) is 17.7. The number of carbonyl (C=O) groups excluding carboxylic acids is 2. The van der Waals surface area contributed by atoms with Gasteiger partial charge in [0.1, 0.15) is 0 Å². The Kier molecular flexibility index (Phi) is 4.20. The maximum atomic E-state index is 13.5. The Labute approximate surface area is 154 Å². The van der Waals surface area contributed by atoms with Crippen LogP contribution in [0.5, 0.6) is 0 Å². The highest BCUT2D eigenvalue weighted by Gasteiger charge is 2.71. The number of ketones is 1. The molecule has 0 amide bonds. The Morgan fingerprint density at radius 1 is 1.15 bits per heavy atom. The molecule has 4 aliphatic rings. The van der Waals surface area contributed by atoms with Crippen molar-refractivity contribution in [2.75, 3.05) is 7.11 Å². The quantitative estimate of drug-likeness (QED) is 0.785. The molecule has 4 bridgehead atoms. The predicted molar refractivity (Wildman–Crippen MR) is 98.1 cm³/mol. The molecule has 3 unspecified atom stereocenters. The van der Waals surface area contributed by atoms with E-state index in [4.69, 9.17) is 16.2 Å². The molecule has 5 heteroatoms. The van der Waals surface area contributed by atoms with Crippen LogP contribution in [0.2, 0.25) is 0 Å². The van der Waals surface area contributed by atoms with Crippen LogP contribution < -0.4 is 11.5 Å². The summed E-state index contributed by atoms with van der Waals surface area (Å²) in [4.78, 5) is 26.4. The fraction of sp³-hybridized carbons (Fsp3) is 0.619. The van der Waals surface area contributed by atoms with Gasteiger partial charge in [-0.05, 0) is 61.8 Å². The van der Waals surface area contributed by atoms with E-state index in [2.05, 4.69) is 0 Å². The van der Waals surface area contributed by atoms with E-state index in [-0.39, 0.29) is 17.7 Å². The number of carbonyl (C=O) groups is 2. The molecule has 5 rings (SSSR count). The minimum atomic E-state index is -1.21. The van der Waals surface area contributed by atoms with Crippen molar-refractivity contribution in [1.29, 1.82) is 0 Å². The third-order valence-electron chi connectivity index (χ3n) is 7.23. The van der Waals surface area contributed by atoms with Gasteiger partial charge in [-0.3, -0.25) is 9.59 Å². The van der Waals surface area contributed by atoms with Crippen LogP contribution in [0.25, 0.3) is 0 Å². The SMILES string of the molecule is COC(=O)C12CC3CC(CC(C3)C1(N)C(=O)[C@@H](N)Cc1ccccc1)C2. The average Bonchev–Trinajstić information content (AvgIpc) is 2.64. The lowest BCUT2D eigenvalue weighted by Gasteiger charge is -2.64. The summed E-state index contributed by atoms with van der Waals surface area (Å²) in [6, 6.07) is 9.02. The maximum Gasteiger partial charge on any atom is 0.314 e. The van der Waals surface area contributed by atoms with Crippen molar-refractivity contribution in [3.05, 3.63) is 35.9 Å². The summed E-state index contributed by atoms with van der Waals surface area (Å²) in [5, 5.41) is 0. The van der Waals surface area contributed by atoms with Gasteiger partial charge < -0.3 is 16.2 Å². The molecule has 4 fully saturated rings. The fourth-order valence-corrected chi connectivity index (χ4v) is 6.30. The zero-order chi connectivity index (χ0) is 18.5. The van der Waals surface area contributed by atoms with Crippen molar-refractivity contribution in [1.82, 2.24) is 0 Å². The number of esters is 1. The Morgan fingerprint density at radius 3 is 2.35 bits per heavy atom. The second kappa shape index (κ2) is 6.17. The minimum absolute atomic E-state index is 0.0298. The molecule has 5 nitrogen and oxygen atoms in total. The molecule has 140 valence electrons. The van der Waals surface area contributed by atoms with Crippen molar-refractivity contribution in [3.8, 4) is 0 Å². The number of Topliss-reactive ketones (excluding diaryl/α,β-unsaturated/α-hetero) is 1. The number of hydrogen-bond acceptors (Lipinski definition) is 5. The van der Waals surface area contributed by atoms with Crippen LogP contribution in [-0.2, 0) is 20.7 Å². The van der Waals surface area contributed by atoms with Gasteiger partial charge in [0.2, 0.25) is 0 Å². The predicted octanol–water partition coefficient (Wildman–Crippen LogP) is 1.82. The Morgan fingerprint density at radius 2 is 1.77 bits per heavy atom. The molecule has 0 aliphatic heterocycles. The summed E-state index contributed by atoms with van der Waals surface area (Å²) in [5.74, 6) is 0.486. The van der Waals surface area contributed by atoms with Crippen LogP contribution >= 0.6 is 0 Å². The highest BCUT2D eigenvalue weighted by atomic mass is 16.5. The van der Waals surface area contributed by atoms with E-state index in [1.54, 1.807) is 0 Å². The number of ether oxygens (including phenoxy) is 1. The minimum Gasteiger partial charge on any atom is -0.469 e. The van der Waals surface area contributed by atoms with Crippen LogP contribution in [0.15, 0.2) is 30.3 Å². The molecular formula is C21H28N2O3. The van der Waals surface area contributed by atoms with Gasteiger partial charge in [-0.15, -0.1) is 0 Å². The highest BCUT2D eigenvalue weighted by Crippen LogP contribution is 2.64. The molecule has 4 aliphatic carbocycles. The molecule has 4 atom stereocenters. The third kappa shape index (κ3) is 2.37. The summed E-state index contributed by atoms with van der Waals surface area (Å²) in [6.07, 6.45) is 4.76. The van der Waals surface area contributed by atoms with E-state index in [9.17, 15) is 9.59 Å². The van der Waals surface area contributed by atoms with Crippen LogP contribution in [0.3, 0.4) is 0 Å². The van der Waals surface area contributed by atoms with E-state index >= 15 is 0 Å². The number of methoxy groups -OCH3 is 1. The molecule has 0 aromatic heterocycles. The topological polar surface area (TPSA) is 95.4 Å². The number of rotatable bonds is 5. The summed E-state index contributed by atoms with van der Waals surface area (Å²) < 4.78 is 5.17. The van der Waals surface area contributed by atoms with E-state index in [1.165, 1.54) is 7.11 Å². The molecule has 0 heterocycles. The van der Waals surface area contributed by atoms with Gasteiger partial charge in [0, 0.05) is 0 Å². The van der Waals surface area contributed by atoms with E-state index in [0.717, 1.165) is 24.8 Å². The van der Waals surface area contributed by atoms with E-state index in [1.807, 2.05) is 30.3 Å². The highest BCUT2D eigenvalue weighted by molar-refractivity contribution is 6.00. The summed E-state index contributed by atoms with van der Waals surface area (Å²) in [7, 11) is 1.40. The smallest absolute Gasteiger partial charge is 0.314 e. The lowest BCUT2D eigenvalue weighted by atomic mass is 9.40. The fourth-order valence-electron chi connectivity index (χ4n) is 6.30. The average molecular weight is 356 g/mol. The van der Waals surface area contributed by atoms with Gasteiger partial charge in [-0.2, -0.15) is 0 Å². The second-order valence-corrected chi connectivity index (χ2v) is 8.65. The van der Waals surface area contributed by atoms with Crippen LogP contribution in [0.1, 0.15) is 37.7 Å². The van der Waals surface area contributed by atoms with Crippen LogP contribution in [-0.4, -0.2) is 30.4 Å². The third-order valence-corrected chi connectivity index (χ3v) is 7.23. The van der Waals surface area contributed by atoms with Gasteiger partial charge in [0.15, 0.2) is 5.78 Å². The zero-order valence-corrected chi connectivity index (χ0v) is 15.3. The first-order valence-corrected chi connectivity index (χ1v) is 9.62. The second-order valence-electron chi connectivity index (χ2n) is 8.65. The number of benzene rings is 1. The standard InChI is InChI=1S/C21H28N2O3/c1-26-19(25)20-11-14-7-15(12-20)9-16(8-14)21(20,23)18(24)17(22)10-13-5-3-2-4-6-13/h2-6,14-17H,7-12,22-23H2,1H3/t14?,15?,16?,17-,20?,21?/m0/s1. The largest absolute Gasteiger partial charge is 0.469 e. The molecule has 4 N–H and O–H groups in total. The van der Waals surface area contributed by atoms with Gasteiger partial charge >= 0.3 is 5.97 Å². The van der Waals surface area contributed by atoms with Crippen LogP contribution in [0, 0.1) is 23.2 Å². The van der Waals surface area contributed by atoms with Crippen molar-refractivity contribution < 1.29 is 14.3 Å². The van der Waals surface area contributed by atoms with Crippen molar-refractivity contribution in [2.45, 2.75) is 50.1 Å².